The molecule has 3 aromatic rings. The molecule has 1 unspecified atom stereocenters. The lowest BCUT2D eigenvalue weighted by Gasteiger charge is -2.44. The van der Waals surface area contributed by atoms with Crippen molar-refractivity contribution in [1.82, 2.24) is 19.4 Å². The Morgan fingerprint density at radius 1 is 1.02 bits per heavy atom. The monoisotopic (exact) mass is 679 g/mol. The molecule has 0 spiro atoms. The van der Waals surface area contributed by atoms with Gasteiger partial charge in [0.2, 0.25) is 5.91 Å². The maximum atomic E-state index is 15.4. The van der Waals surface area contributed by atoms with Gasteiger partial charge in [-0.3, -0.25) is 14.3 Å². The van der Waals surface area contributed by atoms with E-state index in [0.717, 1.165) is 24.2 Å². The summed E-state index contributed by atoms with van der Waals surface area (Å²) in [6.07, 6.45) is -3.11. The van der Waals surface area contributed by atoms with E-state index < -0.39 is 58.1 Å². The van der Waals surface area contributed by atoms with E-state index in [1.54, 1.807) is 23.6 Å². The molecule has 0 aliphatic carbocycles. The number of carbonyl (C=O) groups excluding carboxylic acids is 1. The number of fused-ring (bicyclic) bond motifs is 2. The van der Waals surface area contributed by atoms with Gasteiger partial charge in [0.05, 0.1) is 29.4 Å². The van der Waals surface area contributed by atoms with Crippen molar-refractivity contribution in [2.24, 2.45) is 0 Å². The van der Waals surface area contributed by atoms with E-state index >= 15 is 22.0 Å². The van der Waals surface area contributed by atoms with Crippen LogP contribution >= 0.6 is 11.8 Å². The molecule has 4 aliphatic rings. The normalized spacial score (nSPS) is 26.3. The molecule has 3 saturated heterocycles. The summed E-state index contributed by atoms with van der Waals surface area (Å²) >= 11 is 0.991. The molecule has 4 aliphatic heterocycles. The van der Waals surface area contributed by atoms with Crippen molar-refractivity contribution in [3.63, 3.8) is 0 Å². The third kappa shape index (κ3) is 5.30. The molecular formula is C32H31F6N5O3S. The smallest absolute Gasteiger partial charge is 0.375 e. The average molecular weight is 680 g/mol. The van der Waals surface area contributed by atoms with Crippen molar-refractivity contribution >= 4 is 34.4 Å². The van der Waals surface area contributed by atoms with Crippen LogP contribution in [-0.4, -0.2) is 87.5 Å². The fourth-order valence-electron chi connectivity index (χ4n) is 7.54. The Morgan fingerprint density at radius 3 is 2.36 bits per heavy atom. The maximum Gasteiger partial charge on any atom is 0.417 e. The van der Waals surface area contributed by atoms with E-state index in [4.69, 9.17) is 4.74 Å². The number of piperazine rings is 1. The average Bonchev–Trinajstić information content (AvgIpc) is 3.58. The summed E-state index contributed by atoms with van der Waals surface area (Å²) in [4.78, 5) is 36.2. The number of benzene rings is 2. The molecule has 1 amide bonds. The predicted octanol–water partition coefficient (Wildman–Crippen LogP) is 5.06. The Bertz CT molecular complexity index is 1840. The number of amides is 1. The summed E-state index contributed by atoms with van der Waals surface area (Å²) in [5.74, 6) is -4.37. The zero-order valence-corrected chi connectivity index (χ0v) is 26.3. The van der Waals surface area contributed by atoms with Crippen LogP contribution in [0.4, 0.5) is 32.2 Å². The first-order valence-electron chi connectivity index (χ1n) is 15.3. The van der Waals surface area contributed by atoms with Gasteiger partial charge in [-0.05, 0) is 32.4 Å². The van der Waals surface area contributed by atoms with E-state index in [0.29, 0.717) is 25.3 Å². The molecule has 1 aromatic heterocycles. The highest BCUT2D eigenvalue weighted by molar-refractivity contribution is 7.99. The van der Waals surface area contributed by atoms with Crippen LogP contribution in [0.5, 0.6) is 0 Å². The van der Waals surface area contributed by atoms with Gasteiger partial charge in [-0.25, -0.2) is 18.0 Å². The molecular weight excluding hydrogens is 648 g/mol. The molecule has 5 atom stereocenters. The number of anilines is 1. The van der Waals surface area contributed by atoms with Crippen molar-refractivity contribution in [2.45, 2.75) is 68.2 Å². The predicted molar refractivity (Wildman–Crippen MR) is 164 cm³/mol. The first kappa shape index (κ1) is 32.0. The van der Waals surface area contributed by atoms with Gasteiger partial charge in [-0.2, -0.15) is 18.2 Å². The van der Waals surface area contributed by atoms with Crippen molar-refractivity contribution in [3.05, 3.63) is 64.4 Å². The largest absolute Gasteiger partial charge is 0.417 e. The van der Waals surface area contributed by atoms with E-state index in [-0.39, 0.29) is 71.1 Å². The number of alkyl halides is 3. The molecule has 0 N–H and O–H groups in total. The van der Waals surface area contributed by atoms with Gasteiger partial charge in [0.15, 0.2) is 0 Å². The SMILES string of the molecule is C=CC(=O)N1C[C@H](C)N(c2nc(=O)n3c4c(c(-c5c(F)cc(F)cc5F)c(C(F)(F)F)cc24)SCC(N2C[C@@H]4C[C@H]2CO4)C3)C[C@H]1C. The highest BCUT2D eigenvalue weighted by atomic mass is 32.2. The minimum atomic E-state index is -5.10. The molecule has 7 rings (SSSR count). The molecule has 0 radical (unpaired) electrons. The van der Waals surface area contributed by atoms with Crippen LogP contribution in [0.2, 0.25) is 0 Å². The Morgan fingerprint density at radius 2 is 1.74 bits per heavy atom. The third-order valence-corrected chi connectivity index (χ3v) is 10.9. The molecule has 47 heavy (non-hydrogen) atoms. The lowest BCUT2D eigenvalue weighted by atomic mass is 9.95. The topological polar surface area (TPSA) is 70.9 Å². The molecule has 250 valence electrons. The lowest BCUT2D eigenvalue weighted by molar-refractivity contribution is -0.137. The number of aromatic nitrogens is 2. The number of nitrogens with zero attached hydrogens (tertiary/aromatic N) is 5. The van der Waals surface area contributed by atoms with Crippen LogP contribution in [0.3, 0.4) is 0 Å². The Kier molecular flexibility index (Phi) is 7.87. The van der Waals surface area contributed by atoms with E-state index in [1.165, 1.54) is 10.6 Å². The van der Waals surface area contributed by atoms with Gasteiger partial charge in [-0.1, -0.05) is 6.58 Å². The Hall–Kier alpha value is -3.56. The van der Waals surface area contributed by atoms with Crippen molar-refractivity contribution in [2.75, 3.05) is 36.9 Å². The van der Waals surface area contributed by atoms with Gasteiger partial charge in [0, 0.05) is 84.1 Å². The molecule has 15 heteroatoms. The van der Waals surface area contributed by atoms with Crippen molar-refractivity contribution < 1.29 is 35.9 Å². The van der Waals surface area contributed by atoms with Gasteiger partial charge in [0.1, 0.15) is 23.3 Å². The van der Waals surface area contributed by atoms with Crippen LogP contribution in [0.25, 0.3) is 22.0 Å². The summed E-state index contributed by atoms with van der Waals surface area (Å²) in [5, 5.41) is -0.0134. The van der Waals surface area contributed by atoms with Crippen LogP contribution < -0.4 is 10.6 Å². The second-order valence-corrected chi connectivity index (χ2v) is 13.7. The fraction of sp³-hybridized carbons (Fsp3) is 0.469. The number of hydrogen-bond acceptors (Lipinski definition) is 7. The minimum Gasteiger partial charge on any atom is -0.375 e. The van der Waals surface area contributed by atoms with Crippen molar-refractivity contribution in [1.29, 1.82) is 0 Å². The molecule has 3 fully saturated rings. The summed E-state index contributed by atoms with van der Waals surface area (Å²) in [7, 11) is 0. The second kappa shape index (κ2) is 11.5. The molecule has 0 saturated carbocycles. The fourth-order valence-corrected chi connectivity index (χ4v) is 8.91. The summed E-state index contributed by atoms with van der Waals surface area (Å²) in [6, 6.07) is 0.367. The standard InChI is InChI=1S/C32H31F6N5O3S/c1-4-25(44)40-9-16(3)41(10-15(40)2)30-21-8-22(32(36,37)38)26(27-23(34)5-17(33)6-24(27)35)29-28(21)43(31(45)39-30)11-19(14-47-29)42-12-20-7-18(42)13-46-20/h4-6,8,15-16,18-20H,1,7,9-14H2,2-3H3/t15-,16+,18+,19?,20+/m1/s1. The number of halogens is 6. The van der Waals surface area contributed by atoms with E-state index in [1.807, 2.05) is 0 Å². The number of morpholine rings is 1. The quantitative estimate of drug-likeness (QED) is 0.282. The minimum absolute atomic E-state index is 0.0118. The van der Waals surface area contributed by atoms with Crippen LogP contribution in [0, 0.1) is 17.5 Å². The number of hydrogen-bond donors (Lipinski definition) is 0. The molecule has 2 aromatic carbocycles. The summed E-state index contributed by atoms with van der Waals surface area (Å²) < 4.78 is 96.9. The van der Waals surface area contributed by atoms with E-state index in [2.05, 4.69) is 16.5 Å². The molecule has 8 nitrogen and oxygen atoms in total. The highest BCUT2D eigenvalue weighted by Crippen LogP contribution is 2.50. The first-order chi connectivity index (χ1) is 22.3. The van der Waals surface area contributed by atoms with Crippen LogP contribution in [0.15, 0.2) is 40.5 Å². The highest BCUT2D eigenvalue weighted by Gasteiger charge is 2.45. The van der Waals surface area contributed by atoms with Crippen molar-refractivity contribution in [3.8, 4) is 11.1 Å². The second-order valence-electron chi connectivity index (χ2n) is 12.6. The van der Waals surface area contributed by atoms with Gasteiger partial charge in [-0.15, -0.1) is 11.8 Å². The number of ether oxygens (including phenoxy) is 1. The van der Waals surface area contributed by atoms with Gasteiger partial charge < -0.3 is 14.5 Å². The maximum absolute atomic E-state index is 15.4. The first-order valence-corrected chi connectivity index (χ1v) is 16.3. The Labute approximate surface area is 270 Å². The van der Waals surface area contributed by atoms with Crippen LogP contribution in [0.1, 0.15) is 25.8 Å². The zero-order chi connectivity index (χ0) is 33.5. The van der Waals surface area contributed by atoms with Crippen LogP contribution in [-0.2, 0) is 22.3 Å². The van der Waals surface area contributed by atoms with E-state index in [9.17, 15) is 14.0 Å². The van der Waals surface area contributed by atoms with Gasteiger partial charge in [0.25, 0.3) is 0 Å². The van der Waals surface area contributed by atoms with Gasteiger partial charge >= 0.3 is 11.9 Å². The Balaban J connectivity index is 1.49. The number of carbonyl (C=O) groups is 1. The third-order valence-electron chi connectivity index (χ3n) is 9.70. The lowest BCUT2D eigenvalue weighted by Crippen LogP contribution is -2.58. The molecule has 2 bridgehead atoms. The molecule has 5 heterocycles. The summed E-state index contributed by atoms with van der Waals surface area (Å²) in [6.45, 7) is 8.59. The number of likely N-dealkylation sites (tertiary alicyclic amines) is 1. The zero-order valence-electron chi connectivity index (χ0n) is 25.5. The number of rotatable bonds is 4. The summed E-state index contributed by atoms with van der Waals surface area (Å²) in [5.41, 5.74) is -3.80. The number of thioether (sulfide) groups is 1.